The van der Waals surface area contributed by atoms with Crippen molar-refractivity contribution in [2.24, 2.45) is 4.40 Å². The van der Waals surface area contributed by atoms with E-state index in [9.17, 15) is 8.42 Å². The molecule has 0 aliphatic carbocycles. The molecule has 0 spiro atoms. The van der Waals surface area contributed by atoms with Gasteiger partial charge < -0.3 is 14.2 Å². The van der Waals surface area contributed by atoms with E-state index >= 15 is 0 Å². The number of rotatable bonds is 8. The van der Waals surface area contributed by atoms with E-state index in [4.69, 9.17) is 14.2 Å². The molecule has 2 aromatic carbocycles. The molecule has 3 aromatic rings. The number of benzene rings is 2. The van der Waals surface area contributed by atoms with E-state index in [0.717, 1.165) is 16.9 Å². The summed E-state index contributed by atoms with van der Waals surface area (Å²) in [5, 5.41) is 1.69. The molecule has 8 heteroatoms. The van der Waals surface area contributed by atoms with Crippen LogP contribution in [0.25, 0.3) is 0 Å². The van der Waals surface area contributed by atoms with Crippen LogP contribution in [0.4, 0.5) is 0 Å². The first kappa shape index (κ1) is 19.9. The van der Waals surface area contributed by atoms with Gasteiger partial charge in [-0.05, 0) is 29.1 Å². The summed E-state index contributed by atoms with van der Waals surface area (Å²) in [5.41, 5.74) is 1.51. The van der Waals surface area contributed by atoms with Crippen LogP contribution in [0.3, 0.4) is 0 Å². The van der Waals surface area contributed by atoms with Crippen molar-refractivity contribution in [2.45, 2.75) is 10.8 Å². The van der Waals surface area contributed by atoms with Gasteiger partial charge in [0.1, 0.15) is 10.8 Å². The summed E-state index contributed by atoms with van der Waals surface area (Å²) in [7, 11) is -0.721. The number of thiophene rings is 1. The predicted molar refractivity (Wildman–Crippen MR) is 109 cm³/mol. The minimum absolute atomic E-state index is 0.186. The molecule has 0 atom stereocenters. The number of nitrogens with zero attached hydrogens (tertiary/aromatic N) is 1. The Balaban J connectivity index is 1.87. The van der Waals surface area contributed by atoms with Crippen molar-refractivity contribution < 1.29 is 22.6 Å². The molecule has 0 amide bonds. The molecule has 0 fully saturated rings. The molecule has 6 nitrogen and oxygen atoms in total. The summed E-state index contributed by atoms with van der Waals surface area (Å²) in [6.45, 7) is 0.341. The molecule has 28 heavy (non-hydrogen) atoms. The molecule has 0 saturated carbocycles. The molecule has 0 bridgehead atoms. The lowest BCUT2D eigenvalue weighted by Crippen LogP contribution is -2.01. The molecule has 0 saturated heterocycles. The van der Waals surface area contributed by atoms with E-state index in [1.807, 2.05) is 30.3 Å². The Morgan fingerprint density at radius 3 is 2.25 bits per heavy atom. The second-order valence-corrected chi connectivity index (χ2v) is 8.48. The minimum atomic E-state index is -3.74. The van der Waals surface area contributed by atoms with Crippen molar-refractivity contribution in [1.29, 1.82) is 0 Å². The Kier molecular flexibility index (Phi) is 6.33. The van der Waals surface area contributed by atoms with Gasteiger partial charge in [0.05, 0.1) is 14.2 Å². The van der Waals surface area contributed by atoms with Crippen molar-refractivity contribution in [3.63, 3.8) is 0 Å². The van der Waals surface area contributed by atoms with Gasteiger partial charge in [0.25, 0.3) is 10.0 Å². The zero-order valence-electron chi connectivity index (χ0n) is 15.4. The van der Waals surface area contributed by atoms with Crippen molar-refractivity contribution in [2.75, 3.05) is 14.2 Å². The topological polar surface area (TPSA) is 74.2 Å². The molecule has 146 valence electrons. The fraction of sp³-hybridized carbons (Fsp3) is 0.150. The van der Waals surface area contributed by atoms with Gasteiger partial charge in [-0.2, -0.15) is 12.8 Å². The quantitative estimate of drug-likeness (QED) is 0.515. The molecule has 0 unspecified atom stereocenters. The molecule has 0 N–H and O–H groups in total. The summed E-state index contributed by atoms with van der Waals surface area (Å²) in [5.74, 6) is 1.28. The highest BCUT2D eigenvalue weighted by atomic mass is 32.2. The highest BCUT2D eigenvalue weighted by molar-refractivity contribution is 7.92. The Bertz CT molecular complexity index is 1020. The summed E-state index contributed by atoms with van der Waals surface area (Å²) < 4.78 is 45.1. The molecule has 0 aliphatic rings. The molecule has 3 rings (SSSR count). The maximum absolute atomic E-state index is 12.2. The highest BCUT2D eigenvalue weighted by Gasteiger charge is 2.16. The van der Waals surface area contributed by atoms with Crippen molar-refractivity contribution >= 4 is 27.6 Å². The van der Waals surface area contributed by atoms with Crippen molar-refractivity contribution in [3.05, 3.63) is 71.1 Å². The van der Waals surface area contributed by atoms with E-state index < -0.39 is 10.0 Å². The average molecular weight is 418 g/mol. The van der Waals surface area contributed by atoms with Crippen molar-refractivity contribution in [1.82, 2.24) is 0 Å². The molecular formula is C20H19NO5S2. The third-order valence-electron chi connectivity index (χ3n) is 3.80. The van der Waals surface area contributed by atoms with Gasteiger partial charge >= 0.3 is 0 Å². The van der Waals surface area contributed by atoms with Crippen molar-refractivity contribution in [3.8, 4) is 17.2 Å². The van der Waals surface area contributed by atoms with E-state index in [2.05, 4.69) is 4.40 Å². The monoisotopic (exact) mass is 417 g/mol. The van der Waals surface area contributed by atoms with E-state index in [1.165, 1.54) is 26.5 Å². The lowest BCUT2D eigenvalue weighted by Gasteiger charge is -2.15. The molecule has 0 aliphatic heterocycles. The number of hydrogen-bond donors (Lipinski definition) is 0. The lowest BCUT2D eigenvalue weighted by molar-refractivity contribution is 0.266. The fourth-order valence-corrected chi connectivity index (χ4v) is 4.28. The lowest BCUT2D eigenvalue weighted by atomic mass is 10.2. The predicted octanol–water partition coefficient (Wildman–Crippen LogP) is 4.15. The van der Waals surface area contributed by atoms with Crippen LogP contribution in [0.5, 0.6) is 17.2 Å². The Morgan fingerprint density at radius 1 is 1.00 bits per heavy atom. The maximum atomic E-state index is 12.2. The third-order valence-corrected chi connectivity index (χ3v) is 6.41. The number of ether oxygens (including phenoxy) is 3. The van der Waals surface area contributed by atoms with Gasteiger partial charge in [0.15, 0.2) is 11.5 Å². The molecular weight excluding hydrogens is 398 g/mol. The largest absolute Gasteiger partial charge is 0.493 e. The second-order valence-electron chi connectivity index (χ2n) is 5.67. The summed E-state index contributed by atoms with van der Waals surface area (Å²) in [6, 6.07) is 16.2. The Morgan fingerprint density at radius 2 is 1.68 bits per heavy atom. The SMILES string of the molecule is COc1cc(/C=N\S(=O)(=O)c2cccs2)cc(OC)c1OCc1ccccc1. The van der Waals surface area contributed by atoms with Gasteiger partial charge in [-0.1, -0.05) is 36.4 Å². The number of methoxy groups -OCH3 is 2. The normalized spacial score (nSPS) is 11.5. The van der Waals surface area contributed by atoms with Crippen LogP contribution in [-0.4, -0.2) is 28.9 Å². The average Bonchev–Trinajstić information content (AvgIpc) is 3.27. The number of sulfonamides is 1. The Labute approximate surface area is 168 Å². The molecule has 1 aromatic heterocycles. The zero-order chi connectivity index (χ0) is 20.0. The standard InChI is InChI=1S/C20H19NO5S2/c1-24-17-11-16(13-21-28(22,23)19-9-6-10-27-19)12-18(25-2)20(17)26-14-15-7-4-3-5-8-15/h3-13H,14H2,1-2H3/b21-13-. The van der Waals surface area contributed by atoms with Gasteiger partial charge in [-0.3, -0.25) is 0 Å². The first-order valence-electron chi connectivity index (χ1n) is 8.30. The summed E-state index contributed by atoms with van der Waals surface area (Å²) >= 11 is 1.12. The smallest absolute Gasteiger partial charge is 0.291 e. The Hall–Kier alpha value is -2.84. The van der Waals surface area contributed by atoms with Gasteiger partial charge in [0.2, 0.25) is 5.75 Å². The van der Waals surface area contributed by atoms with Gasteiger partial charge in [-0.25, -0.2) is 0 Å². The van der Waals surface area contributed by atoms with Crippen LogP contribution in [0.2, 0.25) is 0 Å². The van der Waals surface area contributed by atoms with Crippen LogP contribution in [0.15, 0.2) is 68.6 Å². The fourth-order valence-electron chi connectivity index (χ4n) is 2.44. The van der Waals surface area contributed by atoms with Crippen LogP contribution in [-0.2, 0) is 16.6 Å². The molecule has 1 heterocycles. The van der Waals surface area contributed by atoms with Crippen LogP contribution in [0.1, 0.15) is 11.1 Å². The van der Waals surface area contributed by atoms with Crippen LogP contribution < -0.4 is 14.2 Å². The van der Waals surface area contributed by atoms with Gasteiger partial charge in [-0.15, -0.1) is 11.3 Å². The first-order valence-corrected chi connectivity index (χ1v) is 10.6. The second kappa shape index (κ2) is 8.90. The molecule has 0 radical (unpaired) electrons. The van der Waals surface area contributed by atoms with E-state index in [1.54, 1.807) is 23.6 Å². The third kappa shape index (κ3) is 4.71. The summed E-state index contributed by atoms with van der Waals surface area (Å²) in [4.78, 5) is 0. The van der Waals surface area contributed by atoms with E-state index in [-0.39, 0.29) is 4.21 Å². The van der Waals surface area contributed by atoms with Crippen LogP contribution >= 0.6 is 11.3 Å². The minimum Gasteiger partial charge on any atom is -0.493 e. The summed E-state index contributed by atoms with van der Waals surface area (Å²) in [6.07, 6.45) is 1.26. The number of hydrogen-bond acceptors (Lipinski definition) is 6. The highest BCUT2D eigenvalue weighted by Crippen LogP contribution is 2.38. The van der Waals surface area contributed by atoms with Gasteiger partial charge in [0, 0.05) is 11.8 Å². The maximum Gasteiger partial charge on any atom is 0.291 e. The van der Waals surface area contributed by atoms with E-state index in [0.29, 0.717) is 29.4 Å². The van der Waals surface area contributed by atoms with Crippen LogP contribution in [0, 0.1) is 0 Å². The first-order chi connectivity index (χ1) is 13.5. The zero-order valence-corrected chi connectivity index (χ0v) is 17.0.